The Morgan fingerprint density at radius 1 is 0.949 bits per heavy atom. The van der Waals surface area contributed by atoms with Gasteiger partial charge in [0.25, 0.3) is 5.91 Å². The fraction of sp³-hybridized carbons (Fsp3) is 0.362. The second-order valence-corrected chi connectivity index (χ2v) is 15.7. The molecule has 1 unspecified atom stereocenters. The van der Waals surface area contributed by atoms with Crippen molar-refractivity contribution < 1.29 is 28.7 Å². The Bertz CT molecular complexity index is 2530. The molecular formula is C47H46N6O6. The summed E-state index contributed by atoms with van der Waals surface area (Å²) in [7, 11) is 0. The zero-order valence-corrected chi connectivity index (χ0v) is 33.2. The van der Waals surface area contributed by atoms with Crippen LogP contribution in [-0.4, -0.2) is 80.4 Å². The maximum absolute atomic E-state index is 13.1. The minimum atomic E-state index is -0.645. The largest absolute Gasteiger partial charge is 0.494 e. The monoisotopic (exact) mass is 790 g/mol. The zero-order valence-electron chi connectivity index (χ0n) is 33.2. The Morgan fingerprint density at radius 3 is 2.58 bits per heavy atom. The molecule has 0 spiro atoms. The quantitative estimate of drug-likeness (QED) is 0.103. The van der Waals surface area contributed by atoms with E-state index in [9.17, 15) is 19.2 Å². The minimum absolute atomic E-state index is 0.0784. The van der Waals surface area contributed by atoms with Gasteiger partial charge in [0.15, 0.2) is 0 Å². The van der Waals surface area contributed by atoms with Crippen molar-refractivity contribution in [3.63, 3.8) is 0 Å². The Labute approximate surface area is 342 Å². The zero-order chi connectivity index (χ0) is 40.5. The van der Waals surface area contributed by atoms with Crippen molar-refractivity contribution >= 4 is 34.4 Å². The van der Waals surface area contributed by atoms with E-state index in [1.807, 2.05) is 47.5 Å². The molecule has 12 heteroatoms. The van der Waals surface area contributed by atoms with Gasteiger partial charge in [-0.2, -0.15) is 0 Å². The third kappa shape index (κ3) is 7.70. The molecule has 1 atom stereocenters. The summed E-state index contributed by atoms with van der Waals surface area (Å²) in [5.74, 6) is 7.89. The number of imide groups is 1. The van der Waals surface area contributed by atoms with Gasteiger partial charge in [0.05, 0.1) is 30.2 Å². The number of hydrogen-bond donors (Lipinski definition) is 1. The molecule has 300 valence electrons. The smallest absolute Gasteiger partial charge is 0.255 e. The Morgan fingerprint density at radius 2 is 1.76 bits per heavy atom. The predicted molar refractivity (Wildman–Crippen MR) is 221 cm³/mol. The van der Waals surface area contributed by atoms with Crippen LogP contribution in [0.15, 0.2) is 72.9 Å². The molecule has 1 N–H and O–H groups in total. The SMILES string of the molecule is CC(=O)N1CCn2c(C3CCOCC3)nc(-c3cccc4cc(-c5ccc(OCCCCC#Cc6cccc7c6CN(C6CCC(=O)NC6=O)C7=O)cc5)ncc34)c2C1. The first-order chi connectivity index (χ1) is 28.8. The van der Waals surface area contributed by atoms with E-state index < -0.39 is 11.9 Å². The number of nitrogens with zero attached hydrogens (tertiary/aromatic N) is 5. The Hall–Kier alpha value is -6.32. The van der Waals surface area contributed by atoms with Crippen molar-refractivity contribution in [2.24, 2.45) is 0 Å². The number of unbranched alkanes of at least 4 members (excludes halogenated alkanes) is 2. The molecule has 2 saturated heterocycles. The van der Waals surface area contributed by atoms with Crippen LogP contribution in [0, 0.1) is 11.8 Å². The average Bonchev–Trinajstić information content (AvgIpc) is 3.81. The van der Waals surface area contributed by atoms with Gasteiger partial charge in [-0.1, -0.05) is 36.1 Å². The molecule has 3 aromatic carbocycles. The first-order valence-corrected chi connectivity index (χ1v) is 20.6. The summed E-state index contributed by atoms with van der Waals surface area (Å²) < 4.78 is 14.1. The lowest BCUT2D eigenvalue weighted by atomic mass is 9.99. The van der Waals surface area contributed by atoms with Crippen molar-refractivity contribution in [2.45, 2.75) is 83.5 Å². The van der Waals surface area contributed by atoms with Crippen LogP contribution in [0.5, 0.6) is 5.75 Å². The number of benzene rings is 3. The van der Waals surface area contributed by atoms with Gasteiger partial charge in [-0.15, -0.1) is 0 Å². The number of rotatable bonds is 9. The molecule has 0 radical (unpaired) electrons. The van der Waals surface area contributed by atoms with Gasteiger partial charge in [-0.25, -0.2) is 4.98 Å². The third-order valence-corrected chi connectivity index (χ3v) is 12.0. The first kappa shape index (κ1) is 38.2. The number of imidazole rings is 1. The molecule has 0 saturated carbocycles. The molecule has 4 aliphatic heterocycles. The first-order valence-electron chi connectivity index (χ1n) is 20.6. The van der Waals surface area contributed by atoms with Gasteiger partial charge < -0.3 is 23.8 Å². The topological polar surface area (TPSA) is 136 Å². The number of nitrogens with one attached hydrogen (secondary N) is 1. The molecule has 4 aliphatic rings. The second kappa shape index (κ2) is 16.5. The summed E-state index contributed by atoms with van der Waals surface area (Å²) in [5, 5.41) is 4.45. The molecule has 12 nitrogen and oxygen atoms in total. The van der Waals surface area contributed by atoms with Crippen LogP contribution in [0.25, 0.3) is 33.3 Å². The number of hydrogen-bond acceptors (Lipinski definition) is 8. The third-order valence-electron chi connectivity index (χ3n) is 12.0. The van der Waals surface area contributed by atoms with Crippen molar-refractivity contribution in [1.82, 2.24) is 29.7 Å². The summed E-state index contributed by atoms with van der Waals surface area (Å²) in [6.07, 6.45) is 6.78. The van der Waals surface area contributed by atoms with Crippen LogP contribution in [0.1, 0.15) is 90.8 Å². The van der Waals surface area contributed by atoms with Gasteiger partial charge >= 0.3 is 0 Å². The molecule has 6 heterocycles. The second-order valence-electron chi connectivity index (χ2n) is 15.7. The number of ether oxygens (including phenoxy) is 2. The standard InChI is InChI=1S/C47H46N6O6/c1-30(54)51-21-22-52-42(29-51)44(50-45(52)33-19-24-58-25-20-33)36-11-7-10-34-26-40(48-27-38(34)36)32-13-15-35(16-14-32)59-23-5-3-2-4-8-31-9-6-12-37-39(31)28-53(47(37)57)41-17-18-43(55)49-46(41)56/h6-7,9-16,26-27,33,41H,2-3,5,17-25,28-29H2,1H3,(H,49,55,56). The van der Waals surface area contributed by atoms with Crippen LogP contribution in [0.4, 0.5) is 0 Å². The number of pyridine rings is 1. The average molecular weight is 791 g/mol. The number of amides is 4. The fourth-order valence-corrected chi connectivity index (χ4v) is 8.77. The van der Waals surface area contributed by atoms with Gasteiger partial charge in [-0.05, 0) is 85.5 Å². The van der Waals surface area contributed by atoms with E-state index in [-0.39, 0.29) is 24.1 Å². The molecule has 2 fully saturated rings. The molecule has 0 aliphatic carbocycles. The van der Waals surface area contributed by atoms with Crippen LogP contribution < -0.4 is 10.1 Å². The van der Waals surface area contributed by atoms with Crippen molar-refractivity contribution in [3.8, 4) is 40.1 Å². The number of carbonyl (C=O) groups excluding carboxylic acids is 4. The summed E-state index contributed by atoms with van der Waals surface area (Å²) in [4.78, 5) is 63.3. The Kier molecular flexibility index (Phi) is 10.7. The lowest BCUT2D eigenvalue weighted by Gasteiger charge is -2.30. The molecule has 5 aromatic rings. The maximum Gasteiger partial charge on any atom is 0.255 e. The van der Waals surface area contributed by atoms with Crippen molar-refractivity contribution in [2.75, 3.05) is 26.4 Å². The molecule has 9 rings (SSSR count). The van der Waals surface area contributed by atoms with E-state index in [0.717, 1.165) is 107 Å². The summed E-state index contributed by atoms with van der Waals surface area (Å²) in [6.45, 7) is 5.97. The molecule has 2 aromatic heterocycles. The normalized spacial score (nSPS) is 18.0. The highest BCUT2D eigenvalue weighted by atomic mass is 16.5. The molecular weight excluding hydrogens is 745 g/mol. The van der Waals surface area contributed by atoms with E-state index in [0.29, 0.717) is 50.6 Å². The number of carbonyl (C=O) groups is 4. The van der Waals surface area contributed by atoms with Crippen LogP contribution in [0.2, 0.25) is 0 Å². The highest BCUT2D eigenvalue weighted by molar-refractivity contribution is 6.05. The van der Waals surface area contributed by atoms with E-state index >= 15 is 0 Å². The molecule has 0 bridgehead atoms. The van der Waals surface area contributed by atoms with Gasteiger partial charge in [-0.3, -0.25) is 29.5 Å². The summed E-state index contributed by atoms with van der Waals surface area (Å²) >= 11 is 0. The Balaban J connectivity index is 0.815. The van der Waals surface area contributed by atoms with E-state index in [1.54, 1.807) is 17.9 Å². The van der Waals surface area contributed by atoms with Crippen LogP contribution in [0.3, 0.4) is 0 Å². The minimum Gasteiger partial charge on any atom is -0.494 e. The van der Waals surface area contributed by atoms with Crippen molar-refractivity contribution in [1.29, 1.82) is 0 Å². The van der Waals surface area contributed by atoms with Gasteiger partial charge in [0.2, 0.25) is 17.7 Å². The molecule has 4 amide bonds. The van der Waals surface area contributed by atoms with E-state index in [2.05, 4.69) is 46.0 Å². The predicted octanol–water partition coefficient (Wildman–Crippen LogP) is 6.38. The van der Waals surface area contributed by atoms with Gasteiger partial charge in [0, 0.05) is 92.4 Å². The van der Waals surface area contributed by atoms with Crippen molar-refractivity contribution in [3.05, 3.63) is 101 Å². The highest BCUT2D eigenvalue weighted by Gasteiger charge is 2.39. The van der Waals surface area contributed by atoms with Gasteiger partial charge in [0.1, 0.15) is 17.6 Å². The number of piperidine rings is 1. The lowest BCUT2D eigenvalue weighted by Crippen LogP contribution is -2.52. The number of fused-ring (bicyclic) bond motifs is 3. The summed E-state index contributed by atoms with van der Waals surface area (Å²) in [6, 6.07) is 21.3. The molecule has 59 heavy (non-hydrogen) atoms. The fourth-order valence-electron chi connectivity index (χ4n) is 8.77. The summed E-state index contributed by atoms with van der Waals surface area (Å²) in [5.41, 5.74) is 7.11. The number of aromatic nitrogens is 3. The maximum atomic E-state index is 13.1. The van der Waals surface area contributed by atoms with Crippen LogP contribution >= 0.6 is 0 Å². The lowest BCUT2D eigenvalue weighted by molar-refractivity contribution is -0.137. The van der Waals surface area contributed by atoms with E-state index in [4.69, 9.17) is 19.4 Å². The van der Waals surface area contributed by atoms with E-state index in [1.165, 1.54) is 0 Å². The highest BCUT2D eigenvalue weighted by Crippen LogP contribution is 2.38. The van der Waals surface area contributed by atoms with Crippen LogP contribution in [-0.2, 0) is 38.8 Å².